The van der Waals surface area contributed by atoms with Crippen LogP contribution in [0.4, 0.5) is 4.79 Å². The lowest BCUT2D eigenvalue weighted by Gasteiger charge is -2.27. The number of rotatable bonds is 3. The molecule has 0 N–H and O–H groups in total. The van der Waals surface area contributed by atoms with Crippen molar-refractivity contribution >= 4 is 12.1 Å². The van der Waals surface area contributed by atoms with Crippen LogP contribution in [0.15, 0.2) is 30.3 Å². The fraction of sp³-hybridized carbons (Fsp3) is 0.529. The molecule has 6 heteroatoms. The SMILES string of the molecule is COC(=O)[C@@H]1C[C@H](Oc2ccccc2)CN1C(=O)OC(C)(C)C. The first-order valence-electron chi connectivity index (χ1n) is 7.59. The lowest BCUT2D eigenvalue weighted by atomic mass is 10.2. The van der Waals surface area contributed by atoms with Crippen molar-refractivity contribution in [1.29, 1.82) is 0 Å². The largest absolute Gasteiger partial charge is 0.488 e. The average Bonchev–Trinajstić information content (AvgIpc) is 2.90. The first kappa shape index (κ1) is 17.1. The third kappa shape index (κ3) is 4.61. The van der Waals surface area contributed by atoms with Crippen LogP contribution in [0.25, 0.3) is 0 Å². The van der Waals surface area contributed by atoms with Gasteiger partial charge >= 0.3 is 12.1 Å². The first-order chi connectivity index (χ1) is 10.8. The molecule has 1 saturated heterocycles. The molecule has 1 aliphatic rings. The van der Waals surface area contributed by atoms with E-state index >= 15 is 0 Å². The van der Waals surface area contributed by atoms with Crippen molar-refractivity contribution in [2.24, 2.45) is 0 Å². The summed E-state index contributed by atoms with van der Waals surface area (Å²) in [5.41, 5.74) is -0.629. The molecular weight excluding hydrogens is 298 g/mol. The van der Waals surface area contributed by atoms with E-state index in [2.05, 4.69) is 0 Å². The van der Waals surface area contributed by atoms with E-state index in [1.54, 1.807) is 20.8 Å². The molecule has 0 radical (unpaired) electrons. The Balaban J connectivity index is 2.09. The Labute approximate surface area is 136 Å². The van der Waals surface area contributed by atoms with Gasteiger partial charge in [-0.3, -0.25) is 4.90 Å². The molecule has 1 heterocycles. The maximum Gasteiger partial charge on any atom is 0.411 e. The number of nitrogens with zero attached hydrogens (tertiary/aromatic N) is 1. The number of amides is 1. The molecule has 0 saturated carbocycles. The molecule has 1 fully saturated rings. The van der Waals surface area contributed by atoms with Gasteiger partial charge in [0.05, 0.1) is 13.7 Å². The second kappa shape index (κ2) is 6.89. The van der Waals surface area contributed by atoms with Gasteiger partial charge in [-0.2, -0.15) is 0 Å². The normalized spacial score (nSPS) is 21.0. The Morgan fingerprint density at radius 3 is 2.39 bits per heavy atom. The van der Waals surface area contributed by atoms with Crippen LogP contribution < -0.4 is 4.74 Å². The third-order valence-electron chi connectivity index (χ3n) is 3.41. The van der Waals surface area contributed by atoms with Crippen LogP contribution in [-0.4, -0.2) is 48.4 Å². The van der Waals surface area contributed by atoms with Gasteiger partial charge in [0.1, 0.15) is 23.5 Å². The van der Waals surface area contributed by atoms with E-state index < -0.39 is 23.7 Å². The van der Waals surface area contributed by atoms with Crippen LogP contribution in [0.5, 0.6) is 5.75 Å². The van der Waals surface area contributed by atoms with Gasteiger partial charge < -0.3 is 14.2 Å². The monoisotopic (exact) mass is 321 g/mol. The van der Waals surface area contributed by atoms with E-state index in [1.807, 2.05) is 30.3 Å². The molecule has 1 amide bonds. The fourth-order valence-electron chi connectivity index (χ4n) is 2.46. The highest BCUT2D eigenvalue weighted by Gasteiger charge is 2.43. The quantitative estimate of drug-likeness (QED) is 0.801. The van der Waals surface area contributed by atoms with Gasteiger partial charge in [-0.05, 0) is 32.9 Å². The molecule has 23 heavy (non-hydrogen) atoms. The average molecular weight is 321 g/mol. The Hall–Kier alpha value is -2.24. The first-order valence-corrected chi connectivity index (χ1v) is 7.59. The van der Waals surface area contributed by atoms with E-state index in [0.29, 0.717) is 12.2 Å². The molecule has 1 aliphatic heterocycles. The van der Waals surface area contributed by atoms with E-state index in [0.717, 1.165) is 0 Å². The zero-order chi connectivity index (χ0) is 17.0. The molecule has 0 unspecified atom stereocenters. The summed E-state index contributed by atoms with van der Waals surface area (Å²) in [6.45, 7) is 5.63. The molecular formula is C17H23NO5. The number of benzene rings is 1. The fourth-order valence-corrected chi connectivity index (χ4v) is 2.46. The molecule has 0 bridgehead atoms. The minimum absolute atomic E-state index is 0.281. The number of esters is 1. The van der Waals surface area contributed by atoms with Crippen LogP contribution in [0.3, 0.4) is 0 Å². The van der Waals surface area contributed by atoms with Gasteiger partial charge in [0.2, 0.25) is 0 Å². The topological polar surface area (TPSA) is 65.1 Å². The van der Waals surface area contributed by atoms with Crippen LogP contribution in [0, 0.1) is 0 Å². The third-order valence-corrected chi connectivity index (χ3v) is 3.41. The Morgan fingerprint density at radius 1 is 1.17 bits per heavy atom. The lowest BCUT2D eigenvalue weighted by Crippen LogP contribution is -2.44. The summed E-state index contributed by atoms with van der Waals surface area (Å²) in [4.78, 5) is 25.7. The van der Waals surface area contributed by atoms with Crippen molar-refractivity contribution in [1.82, 2.24) is 4.90 Å². The summed E-state index contributed by atoms with van der Waals surface area (Å²) in [5, 5.41) is 0. The van der Waals surface area contributed by atoms with Crippen LogP contribution in [0.1, 0.15) is 27.2 Å². The second-order valence-corrected chi connectivity index (χ2v) is 6.46. The van der Waals surface area contributed by atoms with E-state index in [-0.39, 0.29) is 12.6 Å². The molecule has 2 atom stereocenters. The molecule has 0 aromatic heterocycles. The van der Waals surface area contributed by atoms with Crippen molar-refractivity contribution < 1.29 is 23.8 Å². The van der Waals surface area contributed by atoms with Crippen molar-refractivity contribution in [2.45, 2.75) is 44.9 Å². The highest BCUT2D eigenvalue weighted by molar-refractivity contribution is 5.82. The smallest absolute Gasteiger partial charge is 0.411 e. The summed E-state index contributed by atoms with van der Waals surface area (Å²) in [6.07, 6.45) is -0.443. The number of hydrogen-bond donors (Lipinski definition) is 0. The maximum absolute atomic E-state index is 12.3. The summed E-state index contributed by atoms with van der Waals surface area (Å²) in [7, 11) is 1.31. The van der Waals surface area contributed by atoms with Crippen LogP contribution in [-0.2, 0) is 14.3 Å². The standard InChI is InChI=1S/C17H23NO5/c1-17(2,3)23-16(20)18-11-13(10-14(18)15(19)21-4)22-12-8-6-5-7-9-12/h5-9,13-14H,10-11H2,1-4H3/t13-,14-/m0/s1. The molecule has 6 nitrogen and oxygen atoms in total. The van der Waals surface area contributed by atoms with Crippen LogP contribution in [0.2, 0.25) is 0 Å². The van der Waals surface area contributed by atoms with Gasteiger partial charge in [0, 0.05) is 6.42 Å². The zero-order valence-corrected chi connectivity index (χ0v) is 13.9. The highest BCUT2D eigenvalue weighted by atomic mass is 16.6. The van der Waals surface area contributed by atoms with E-state index in [9.17, 15) is 9.59 Å². The number of carbonyl (C=O) groups excluding carboxylic acids is 2. The van der Waals surface area contributed by atoms with Gasteiger partial charge in [-0.1, -0.05) is 18.2 Å². The van der Waals surface area contributed by atoms with Gasteiger partial charge in [0.15, 0.2) is 0 Å². The Bertz CT molecular complexity index is 552. The molecule has 1 aromatic carbocycles. The Morgan fingerprint density at radius 2 is 1.83 bits per heavy atom. The predicted molar refractivity (Wildman–Crippen MR) is 84.2 cm³/mol. The van der Waals surface area contributed by atoms with Crippen molar-refractivity contribution in [2.75, 3.05) is 13.7 Å². The van der Waals surface area contributed by atoms with Crippen molar-refractivity contribution in [3.8, 4) is 5.75 Å². The molecule has 126 valence electrons. The van der Waals surface area contributed by atoms with E-state index in [1.165, 1.54) is 12.0 Å². The molecule has 0 aliphatic carbocycles. The van der Waals surface area contributed by atoms with E-state index in [4.69, 9.17) is 14.2 Å². The summed E-state index contributed by atoms with van der Waals surface area (Å²) in [5.74, 6) is 0.238. The van der Waals surface area contributed by atoms with Crippen LogP contribution >= 0.6 is 0 Å². The zero-order valence-electron chi connectivity index (χ0n) is 13.9. The van der Waals surface area contributed by atoms with Crippen molar-refractivity contribution in [3.63, 3.8) is 0 Å². The number of carbonyl (C=O) groups is 2. The van der Waals surface area contributed by atoms with Crippen molar-refractivity contribution in [3.05, 3.63) is 30.3 Å². The molecule has 0 spiro atoms. The Kier molecular flexibility index (Phi) is 5.13. The second-order valence-electron chi connectivity index (χ2n) is 6.46. The summed E-state index contributed by atoms with van der Waals surface area (Å²) in [6, 6.07) is 8.61. The maximum atomic E-state index is 12.3. The minimum atomic E-state index is -0.691. The molecule has 2 rings (SSSR count). The number of para-hydroxylation sites is 1. The number of methoxy groups -OCH3 is 1. The van der Waals surface area contributed by atoms with Gasteiger partial charge in [0.25, 0.3) is 0 Å². The number of hydrogen-bond acceptors (Lipinski definition) is 5. The predicted octanol–water partition coefficient (Wildman–Crippen LogP) is 2.62. The lowest BCUT2D eigenvalue weighted by molar-refractivity contribution is -0.145. The molecule has 1 aromatic rings. The highest BCUT2D eigenvalue weighted by Crippen LogP contribution is 2.25. The van der Waals surface area contributed by atoms with Gasteiger partial charge in [-0.25, -0.2) is 9.59 Å². The summed E-state index contributed by atoms with van der Waals surface area (Å²) >= 11 is 0. The number of likely N-dealkylation sites (tertiary alicyclic amines) is 1. The summed E-state index contributed by atoms with van der Waals surface area (Å²) < 4.78 is 16.0. The van der Waals surface area contributed by atoms with Gasteiger partial charge in [-0.15, -0.1) is 0 Å². The minimum Gasteiger partial charge on any atom is -0.488 e. The number of ether oxygens (including phenoxy) is 3.